The second kappa shape index (κ2) is 12.6. The van der Waals surface area contributed by atoms with Crippen LogP contribution in [-0.4, -0.2) is 18.5 Å². The molecule has 0 spiro atoms. The summed E-state index contributed by atoms with van der Waals surface area (Å²) in [4.78, 5) is 0. The van der Waals surface area contributed by atoms with Crippen molar-refractivity contribution < 1.29 is 13.2 Å². The van der Waals surface area contributed by atoms with Crippen molar-refractivity contribution in [2.24, 2.45) is 7.05 Å². The van der Waals surface area contributed by atoms with E-state index in [1.54, 1.807) is 0 Å². The third-order valence-electron chi connectivity index (χ3n) is 1.64. The lowest BCUT2D eigenvalue weighted by Gasteiger charge is -1.81. The molecular formula is C10H11B2F2N6+. The van der Waals surface area contributed by atoms with Gasteiger partial charge in [0.15, 0.2) is 0 Å². The Morgan fingerprint density at radius 2 is 1.45 bits per heavy atom. The summed E-state index contributed by atoms with van der Waals surface area (Å²) < 4.78 is 26.4. The largest absolute Gasteiger partial charge is 0.567 e. The van der Waals surface area contributed by atoms with Crippen molar-refractivity contribution in [1.82, 2.24) is 4.57 Å². The Labute approximate surface area is 116 Å². The summed E-state index contributed by atoms with van der Waals surface area (Å²) in [7, 11) is 2.02. The van der Waals surface area contributed by atoms with Crippen LogP contribution in [0.2, 0.25) is 0 Å². The fourth-order valence-electron chi connectivity index (χ4n) is 0.747. The zero-order valence-corrected chi connectivity index (χ0v) is 11.0. The topological polar surface area (TPSA) is 104 Å². The van der Waals surface area contributed by atoms with Gasteiger partial charge in [0.2, 0.25) is 6.33 Å². The standard InChI is InChI=1S/C6H11N2.2C2BFN2/c1-3-8-5-4-7(2)6-8;2*4-3(1-5)2-6/h4-6H,3H2,1-2H3;;/q+1;;. The van der Waals surface area contributed by atoms with Crippen molar-refractivity contribution in [3.05, 3.63) is 18.7 Å². The van der Waals surface area contributed by atoms with Gasteiger partial charge in [-0.3, -0.25) is 8.63 Å². The highest BCUT2D eigenvalue weighted by atomic mass is 19.1. The Morgan fingerprint density at radius 3 is 1.55 bits per heavy atom. The first-order valence-electron chi connectivity index (χ1n) is 5.32. The van der Waals surface area contributed by atoms with Gasteiger partial charge >= 0.3 is 14.0 Å². The van der Waals surface area contributed by atoms with Gasteiger partial charge in [-0.1, -0.05) is 0 Å². The lowest BCUT2D eigenvalue weighted by atomic mass is 9.78. The van der Waals surface area contributed by atoms with Gasteiger partial charge in [0, 0.05) is 0 Å². The van der Waals surface area contributed by atoms with Crippen LogP contribution in [0.3, 0.4) is 0 Å². The molecular weight excluding hydrogens is 264 g/mol. The van der Waals surface area contributed by atoms with E-state index in [0.29, 0.717) is 0 Å². The smallest absolute Gasteiger partial charge is 0.292 e. The SMILES string of the molecule is CCn1cc[n+](C)c1.N#CB(F)C#N.N#CB(F)C#N. The molecule has 0 fully saturated rings. The van der Waals surface area contributed by atoms with Crippen molar-refractivity contribution in [1.29, 1.82) is 21.0 Å². The van der Waals surface area contributed by atoms with Crippen molar-refractivity contribution in [2.45, 2.75) is 13.5 Å². The molecule has 0 atom stereocenters. The molecule has 6 nitrogen and oxygen atoms in total. The number of rotatable bonds is 1. The van der Waals surface area contributed by atoms with Crippen molar-refractivity contribution in [3.63, 3.8) is 0 Å². The Balaban J connectivity index is 0. The van der Waals surface area contributed by atoms with E-state index in [1.807, 2.05) is 17.8 Å². The average molecular weight is 275 g/mol. The molecule has 1 aromatic rings. The molecule has 1 heterocycles. The molecule has 0 bridgehead atoms. The highest BCUT2D eigenvalue weighted by Gasteiger charge is 2.08. The molecule has 100 valence electrons. The molecule has 0 saturated heterocycles. The summed E-state index contributed by atoms with van der Waals surface area (Å²) in [6, 6.07) is 0. The zero-order chi connectivity index (χ0) is 16.0. The highest BCUT2D eigenvalue weighted by molar-refractivity contribution is 6.67. The average Bonchev–Trinajstić information content (AvgIpc) is 2.92. The van der Waals surface area contributed by atoms with Gasteiger partial charge < -0.3 is 0 Å². The molecule has 0 unspecified atom stereocenters. The first-order valence-corrected chi connectivity index (χ1v) is 5.32. The zero-order valence-electron chi connectivity index (χ0n) is 11.0. The van der Waals surface area contributed by atoms with Crippen LogP contribution in [0, 0.1) is 44.9 Å². The van der Waals surface area contributed by atoms with Crippen LogP contribution in [0.4, 0.5) is 8.63 Å². The predicted molar refractivity (Wildman–Crippen MR) is 67.5 cm³/mol. The van der Waals surface area contributed by atoms with Crippen molar-refractivity contribution >= 4 is 14.0 Å². The van der Waals surface area contributed by atoms with Crippen LogP contribution >= 0.6 is 0 Å². The molecule has 0 amide bonds. The van der Waals surface area contributed by atoms with Gasteiger partial charge in [-0.2, -0.15) is 0 Å². The van der Waals surface area contributed by atoms with Crippen LogP contribution in [0.5, 0.6) is 0 Å². The number of nitrogens with zero attached hydrogens (tertiary/aromatic N) is 6. The Kier molecular flexibility index (Phi) is 12.3. The molecule has 1 rings (SSSR count). The van der Waals surface area contributed by atoms with E-state index in [0.717, 1.165) is 30.4 Å². The third-order valence-corrected chi connectivity index (χ3v) is 1.64. The summed E-state index contributed by atoms with van der Waals surface area (Å²) >= 11 is 0. The minimum atomic E-state index is -1.95. The molecule has 0 saturated carbocycles. The van der Waals surface area contributed by atoms with Gasteiger partial charge in [0.05, 0.1) is 37.5 Å². The number of nitriles is 4. The number of hydrogen-bond donors (Lipinski definition) is 0. The summed E-state index contributed by atoms with van der Waals surface area (Å²) in [5.74, 6) is 4.35. The molecule has 0 aliphatic carbocycles. The molecule has 0 aliphatic heterocycles. The van der Waals surface area contributed by atoms with E-state index < -0.39 is 14.0 Å². The van der Waals surface area contributed by atoms with Gasteiger partial charge in [-0.15, -0.1) is 0 Å². The fourth-order valence-corrected chi connectivity index (χ4v) is 0.747. The van der Waals surface area contributed by atoms with Gasteiger partial charge in [0.1, 0.15) is 12.4 Å². The maximum Gasteiger partial charge on any atom is 0.567 e. The summed E-state index contributed by atoms with van der Waals surface area (Å²) in [6.07, 6.45) is 6.14. The van der Waals surface area contributed by atoms with Crippen molar-refractivity contribution in [3.8, 4) is 23.9 Å². The summed E-state index contributed by atoms with van der Waals surface area (Å²) in [6.45, 7) is -0.726. The van der Waals surface area contributed by atoms with Gasteiger partial charge in [-0.05, 0) is 6.92 Å². The van der Waals surface area contributed by atoms with E-state index in [2.05, 4.69) is 24.0 Å². The normalized spacial score (nSPS) is 7.00. The summed E-state index contributed by atoms with van der Waals surface area (Å²) in [5, 5.41) is 29.9. The van der Waals surface area contributed by atoms with Gasteiger partial charge in [0.25, 0.3) is 0 Å². The third kappa shape index (κ3) is 11.6. The van der Waals surface area contributed by atoms with E-state index in [9.17, 15) is 8.63 Å². The fraction of sp³-hybridized carbons (Fsp3) is 0.300. The highest BCUT2D eigenvalue weighted by Crippen LogP contribution is 1.79. The molecule has 0 aliphatic rings. The lowest BCUT2D eigenvalue weighted by Crippen LogP contribution is -2.23. The minimum absolute atomic E-state index is 1.06. The van der Waals surface area contributed by atoms with Crippen LogP contribution in [0.15, 0.2) is 18.7 Å². The first kappa shape index (κ1) is 19.5. The van der Waals surface area contributed by atoms with Crippen LogP contribution < -0.4 is 4.57 Å². The molecule has 10 heteroatoms. The lowest BCUT2D eigenvalue weighted by molar-refractivity contribution is -0.671. The van der Waals surface area contributed by atoms with E-state index in [1.165, 1.54) is 0 Å². The van der Waals surface area contributed by atoms with Crippen molar-refractivity contribution in [2.75, 3.05) is 0 Å². The minimum Gasteiger partial charge on any atom is -0.292 e. The first-order chi connectivity index (χ1) is 9.44. The Morgan fingerprint density at radius 1 is 1.05 bits per heavy atom. The molecule has 1 aromatic heterocycles. The monoisotopic (exact) mass is 275 g/mol. The number of aromatic nitrogens is 2. The number of imidazole rings is 1. The maximum absolute atomic E-state index is 11.1. The number of hydrogen-bond acceptors (Lipinski definition) is 4. The molecule has 0 aromatic carbocycles. The molecule has 0 radical (unpaired) electrons. The van der Waals surface area contributed by atoms with E-state index in [-0.39, 0.29) is 0 Å². The predicted octanol–water partition coefficient (Wildman–Crippen LogP) is 0.478. The number of aryl methyl sites for hydroxylation is 2. The maximum atomic E-state index is 11.1. The Hall–Kier alpha value is -2.84. The molecule has 20 heavy (non-hydrogen) atoms. The second-order valence-corrected chi connectivity index (χ2v) is 3.15. The number of halogens is 2. The van der Waals surface area contributed by atoms with E-state index >= 15 is 0 Å². The summed E-state index contributed by atoms with van der Waals surface area (Å²) in [5.41, 5.74) is 0. The second-order valence-electron chi connectivity index (χ2n) is 3.15. The van der Waals surface area contributed by atoms with Crippen LogP contribution in [0.25, 0.3) is 0 Å². The molecule has 0 N–H and O–H groups in total. The van der Waals surface area contributed by atoms with Crippen LogP contribution in [0.1, 0.15) is 6.92 Å². The quantitative estimate of drug-likeness (QED) is 0.548. The van der Waals surface area contributed by atoms with Crippen LogP contribution in [-0.2, 0) is 13.6 Å². The van der Waals surface area contributed by atoms with Gasteiger partial charge in [-0.25, -0.2) is 30.2 Å². The van der Waals surface area contributed by atoms with E-state index in [4.69, 9.17) is 21.0 Å². The Bertz CT molecular complexity index is 490.